The second-order valence-electron chi connectivity index (χ2n) is 4.40. The quantitative estimate of drug-likeness (QED) is 0.683. The molecular weight excluding hydrogens is 244 g/mol. The van der Waals surface area contributed by atoms with Crippen LogP contribution < -0.4 is 5.73 Å². The molecule has 0 spiro atoms. The number of fused-ring (bicyclic) bond motifs is 1. The molecule has 0 unspecified atom stereocenters. The smallest absolute Gasteiger partial charge is 0.0998 e. The van der Waals surface area contributed by atoms with Crippen molar-refractivity contribution < 1.29 is 0 Å². The molecule has 5 heteroatoms. The first-order valence-electron chi connectivity index (χ1n) is 5.74. The molecule has 1 aromatic carbocycles. The summed E-state index contributed by atoms with van der Waals surface area (Å²) >= 11 is 1.66. The van der Waals surface area contributed by atoms with Crippen molar-refractivity contribution in [3.63, 3.8) is 0 Å². The summed E-state index contributed by atoms with van der Waals surface area (Å²) in [5, 5.41) is 1.06. The van der Waals surface area contributed by atoms with E-state index in [1.165, 1.54) is 0 Å². The van der Waals surface area contributed by atoms with Crippen LogP contribution in [-0.4, -0.2) is 14.5 Å². The highest BCUT2D eigenvalue weighted by atomic mass is 32.1. The maximum absolute atomic E-state index is 6.14. The zero-order valence-corrected chi connectivity index (χ0v) is 11.4. The molecule has 92 valence electrons. The first kappa shape index (κ1) is 11.2. The fourth-order valence-electron chi connectivity index (χ4n) is 2.04. The molecule has 18 heavy (non-hydrogen) atoms. The number of rotatable bonds is 1. The van der Waals surface area contributed by atoms with Crippen LogP contribution in [-0.2, 0) is 0 Å². The predicted octanol–water partition coefficient (Wildman–Crippen LogP) is 2.99. The van der Waals surface area contributed by atoms with Gasteiger partial charge in [0, 0.05) is 5.69 Å². The number of benzene rings is 1. The number of aryl methyl sites for hydroxylation is 2. The number of aromatic nitrogens is 3. The summed E-state index contributed by atoms with van der Waals surface area (Å²) in [7, 11) is 0. The van der Waals surface area contributed by atoms with Crippen LogP contribution in [0.1, 0.15) is 16.4 Å². The molecular formula is C13H14N4S. The van der Waals surface area contributed by atoms with Gasteiger partial charge in [0.1, 0.15) is 0 Å². The standard InChI is InChI=1S/C13H14N4S/c1-7-8(2)17(6-15-7)12-5-11-13(4-10(12)14)18-9(3)16-11/h4-6H,14H2,1-3H3. The Kier molecular flexibility index (Phi) is 2.38. The minimum Gasteiger partial charge on any atom is -0.397 e. The van der Waals surface area contributed by atoms with E-state index in [0.717, 1.165) is 38.0 Å². The van der Waals surface area contributed by atoms with Gasteiger partial charge in [-0.2, -0.15) is 0 Å². The number of hydrogen-bond acceptors (Lipinski definition) is 4. The summed E-state index contributed by atoms with van der Waals surface area (Å²) in [6.07, 6.45) is 1.81. The van der Waals surface area contributed by atoms with Crippen LogP contribution in [0, 0.1) is 20.8 Å². The van der Waals surface area contributed by atoms with Crippen LogP contribution in [0.5, 0.6) is 0 Å². The number of anilines is 1. The maximum atomic E-state index is 6.14. The Morgan fingerprint density at radius 1 is 1.22 bits per heavy atom. The van der Waals surface area contributed by atoms with Crippen molar-refractivity contribution >= 4 is 27.2 Å². The summed E-state index contributed by atoms with van der Waals surface area (Å²) < 4.78 is 3.14. The molecule has 0 atom stereocenters. The Bertz CT molecular complexity index is 739. The Hall–Kier alpha value is -1.88. The van der Waals surface area contributed by atoms with Gasteiger partial charge in [-0.15, -0.1) is 11.3 Å². The van der Waals surface area contributed by atoms with Gasteiger partial charge in [-0.3, -0.25) is 0 Å². The Morgan fingerprint density at radius 2 is 2.00 bits per heavy atom. The van der Waals surface area contributed by atoms with E-state index in [2.05, 4.69) is 9.97 Å². The molecule has 2 aromatic heterocycles. The van der Waals surface area contributed by atoms with Gasteiger partial charge in [0.05, 0.1) is 38.6 Å². The lowest BCUT2D eigenvalue weighted by Crippen LogP contribution is -2.00. The Morgan fingerprint density at radius 3 is 2.67 bits per heavy atom. The van der Waals surface area contributed by atoms with E-state index in [-0.39, 0.29) is 0 Å². The third-order valence-corrected chi connectivity index (χ3v) is 4.09. The third-order valence-electron chi connectivity index (χ3n) is 3.16. The van der Waals surface area contributed by atoms with Gasteiger partial charge in [0.25, 0.3) is 0 Å². The normalized spacial score (nSPS) is 11.3. The van der Waals surface area contributed by atoms with E-state index in [1.807, 2.05) is 37.5 Å². The Labute approximate surface area is 109 Å². The number of nitrogens with two attached hydrogens (primary N) is 1. The van der Waals surface area contributed by atoms with Gasteiger partial charge in [-0.1, -0.05) is 0 Å². The molecule has 0 amide bonds. The van der Waals surface area contributed by atoms with Gasteiger partial charge in [-0.05, 0) is 32.9 Å². The minimum absolute atomic E-state index is 0.756. The lowest BCUT2D eigenvalue weighted by Gasteiger charge is -2.08. The van der Waals surface area contributed by atoms with Gasteiger partial charge < -0.3 is 10.3 Å². The number of hydrogen-bond donors (Lipinski definition) is 1. The lowest BCUT2D eigenvalue weighted by atomic mass is 10.2. The van der Waals surface area contributed by atoms with Gasteiger partial charge in [0.2, 0.25) is 0 Å². The summed E-state index contributed by atoms with van der Waals surface area (Å²) in [4.78, 5) is 8.81. The number of nitrogen functional groups attached to an aromatic ring is 1. The van der Waals surface area contributed by atoms with Gasteiger partial charge >= 0.3 is 0 Å². The van der Waals surface area contributed by atoms with Crippen LogP contribution in [0.2, 0.25) is 0 Å². The highest BCUT2D eigenvalue weighted by Crippen LogP contribution is 2.29. The molecule has 0 aliphatic heterocycles. The molecule has 2 heterocycles. The van der Waals surface area contributed by atoms with Crippen molar-refractivity contribution in [2.24, 2.45) is 0 Å². The van der Waals surface area contributed by atoms with Crippen LogP contribution in [0.25, 0.3) is 15.9 Å². The number of imidazole rings is 1. The van der Waals surface area contributed by atoms with Crippen molar-refractivity contribution in [3.8, 4) is 5.69 Å². The number of thiazole rings is 1. The second kappa shape index (κ2) is 3.81. The fourth-order valence-corrected chi connectivity index (χ4v) is 2.90. The first-order chi connectivity index (χ1) is 8.56. The van der Waals surface area contributed by atoms with E-state index < -0.39 is 0 Å². The molecule has 2 N–H and O–H groups in total. The molecule has 0 bridgehead atoms. The van der Waals surface area contributed by atoms with E-state index in [0.29, 0.717) is 0 Å². The zero-order valence-electron chi connectivity index (χ0n) is 10.6. The summed E-state index contributed by atoms with van der Waals surface area (Å²) in [5.41, 5.74) is 11.0. The molecule has 3 rings (SSSR count). The summed E-state index contributed by atoms with van der Waals surface area (Å²) in [6, 6.07) is 4.02. The zero-order chi connectivity index (χ0) is 12.9. The molecule has 4 nitrogen and oxygen atoms in total. The van der Waals surface area contributed by atoms with E-state index in [4.69, 9.17) is 5.73 Å². The highest BCUT2D eigenvalue weighted by Gasteiger charge is 2.10. The van der Waals surface area contributed by atoms with Crippen molar-refractivity contribution in [1.82, 2.24) is 14.5 Å². The van der Waals surface area contributed by atoms with Crippen LogP contribution in [0.3, 0.4) is 0 Å². The predicted molar refractivity (Wildman–Crippen MR) is 75.4 cm³/mol. The van der Waals surface area contributed by atoms with Gasteiger partial charge in [-0.25, -0.2) is 9.97 Å². The topological polar surface area (TPSA) is 56.7 Å². The SMILES string of the molecule is Cc1nc2cc(-n3cnc(C)c3C)c(N)cc2s1. The maximum Gasteiger partial charge on any atom is 0.0998 e. The molecule has 3 aromatic rings. The van der Waals surface area contributed by atoms with Crippen molar-refractivity contribution in [3.05, 3.63) is 34.9 Å². The summed E-state index contributed by atoms with van der Waals surface area (Å²) in [6.45, 7) is 6.04. The van der Waals surface area contributed by atoms with Crippen LogP contribution in [0.15, 0.2) is 18.5 Å². The van der Waals surface area contributed by atoms with Gasteiger partial charge in [0.15, 0.2) is 0 Å². The molecule has 0 saturated heterocycles. The average molecular weight is 258 g/mol. The summed E-state index contributed by atoms with van der Waals surface area (Å²) in [5.74, 6) is 0. The second-order valence-corrected chi connectivity index (χ2v) is 5.63. The van der Waals surface area contributed by atoms with E-state index >= 15 is 0 Å². The van der Waals surface area contributed by atoms with Crippen molar-refractivity contribution in [2.45, 2.75) is 20.8 Å². The highest BCUT2D eigenvalue weighted by molar-refractivity contribution is 7.18. The van der Waals surface area contributed by atoms with Crippen molar-refractivity contribution in [1.29, 1.82) is 0 Å². The molecule has 0 aliphatic carbocycles. The van der Waals surface area contributed by atoms with E-state index in [9.17, 15) is 0 Å². The van der Waals surface area contributed by atoms with Crippen LogP contribution >= 0.6 is 11.3 Å². The van der Waals surface area contributed by atoms with Crippen molar-refractivity contribution in [2.75, 3.05) is 5.73 Å². The van der Waals surface area contributed by atoms with E-state index in [1.54, 1.807) is 17.7 Å². The molecule has 0 radical (unpaired) electrons. The number of nitrogens with zero attached hydrogens (tertiary/aromatic N) is 3. The molecule has 0 fully saturated rings. The minimum atomic E-state index is 0.756. The molecule has 0 aliphatic rings. The fraction of sp³-hybridized carbons (Fsp3) is 0.231. The Balaban J connectivity index is 2.28. The lowest BCUT2D eigenvalue weighted by molar-refractivity contribution is 1.01. The third kappa shape index (κ3) is 1.59. The van der Waals surface area contributed by atoms with Crippen LogP contribution in [0.4, 0.5) is 5.69 Å². The first-order valence-corrected chi connectivity index (χ1v) is 6.55. The average Bonchev–Trinajstić information content (AvgIpc) is 2.82. The largest absolute Gasteiger partial charge is 0.397 e. The monoisotopic (exact) mass is 258 g/mol. The molecule has 0 saturated carbocycles.